The molecule has 1 saturated carbocycles. The van der Waals surface area contributed by atoms with Gasteiger partial charge in [0, 0.05) is 14.2 Å². The monoisotopic (exact) mass is 343 g/mol. The summed E-state index contributed by atoms with van der Waals surface area (Å²) < 4.78 is 9.06. The fourth-order valence-corrected chi connectivity index (χ4v) is 3.92. The molecule has 2 rings (SSSR count). The van der Waals surface area contributed by atoms with Crippen LogP contribution in [0.25, 0.3) is 0 Å². The normalized spacial score (nSPS) is 28.6. The average Bonchev–Trinajstić information content (AvgIpc) is 2.77. The smallest absolute Gasteiger partial charge is 0.0888 e. The first-order valence-electron chi connectivity index (χ1n) is 7.50. The standard InChI is InChI=1S/C15H26BrN3O/c1-5-17-14(13-12(16)10-18-19(13)3)15(20-4)8-6-11(2)7-9-15/h10-11,14,17H,5-9H2,1-4H3. The number of hydrogen-bond donors (Lipinski definition) is 1. The van der Waals surface area contributed by atoms with E-state index in [4.69, 9.17) is 4.74 Å². The Morgan fingerprint density at radius 3 is 2.65 bits per heavy atom. The molecule has 1 atom stereocenters. The second-order valence-corrected chi connectivity index (χ2v) is 6.80. The van der Waals surface area contributed by atoms with Crippen LogP contribution in [-0.4, -0.2) is 29.0 Å². The highest BCUT2D eigenvalue weighted by atomic mass is 79.9. The molecule has 0 aromatic carbocycles. The molecule has 114 valence electrons. The van der Waals surface area contributed by atoms with Crippen molar-refractivity contribution in [2.24, 2.45) is 13.0 Å². The predicted molar refractivity (Wildman–Crippen MR) is 84.7 cm³/mol. The van der Waals surface area contributed by atoms with Gasteiger partial charge in [-0.2, -0.15) is 5.10 Å². The van der Waals surface area contributed by atoms with E-state index >= 15 is 0 Å². The van der Waals surface area contributed by atoms with Crippen molar-refractivity contribution in [1.29, 1.82) is 0 Å². The van der Waals surface area contributed by atoms with Gasteiger partial charge in [-0.15, -0.1) is 0 Å². The Balaban J connectivity index is 2.36. The van der Waals surface area contributed by atoms with E-state index in [9.17, 15) is 0 Å². The van der Waals surface area contributed by atoms with Crippen LogP contribution in [0.15, 0.2) is 10.7 Å². The number of halogens is 1. The van der Waals surface area contributed by atoms with Gasteiger partial charge in [-0.1, -0.05) is 13.8 Å². The summed E-state index contributed by atoms with van der Waals surface area (Å²) in [6.07, 6.45) is 6.52. The molecule has 1 aromatic heterocycles. The van der Waals surface area contributed by atoms with E-state index in [0.29, 0.717) is 0 Å². The van der Waals surface area contributed by atoms with Crippen LogP contribution in [0, 0.1) is 5.92 Å². The van der Waals surface area contributed by atoms with Gasteiger partial charge in [0.2, 0.25) is 0 Å². The third-order valence-corrected chi connectivity index (χ3v) is 5.28. The molecule has 1 unspecified atom stereocenters. The molecule has 1 N–H and O–H groups in total. The molecule has 0 amide bonds. The zero-order valence-corrected chi connectivity index (χ0v) is 14.5. The minimum absolute atomic E-state index is 0.126. The molecule has 0 saturated heterocycles. The second-order valence-electron chi connectivity index (χ2n) is 5.94. The third-order valence-electron chi connectivity index (χ3n) is 4.67. The lowest BCUT2D eigenvalue weighted by molar-refractivity contribution is -0.0775. The van der Waals surface area contributed by atoms with Crippen LogP contribution in [0.1, 0.15) is 51.3 Å². The van der Waals surface area contributed by atoms with Gasteiger partial charge in [0.25, 0.3) is 0 Å². The highest BCUT2D eigenvalue weighted by Gasteiger charge is 2.43. The van der Waals surface area contributed by atoms with Gasteiger partial charge in [-0.3, -0.25) is 4.68 Å². The molecule has 0 aliphatic heterocycles. The van der Waals surface area contributed by atoms with Gasteiger partial charge < -0.3 is 10.1 Å². The summed E-state index contributed by atoms with van der Waals surface area (Å²) in [7, 11) is 3.85. The van der Waals surface area contributed by atoms with Crippen LogP contribution in [-0.2, 0) is 11.8 Å². The summed E-state index contributed by atoms with van der Waals surface area (Å²) in [6.45, 7) is 5.40. The zero-order valence-electron chi connectivity index (χ0n) is 12.9. The fraction of sp³-hybridized carbons (Fsp3) is 0.800. The summed E-state index contributed by atoms with van der Waals surface area (Å²) in [5.41, 5.74) is 1.06. The number of hydrogen-bond acceptors (Lipinski definition) is 3. The van der Waals surface area contributed by atoms with E-state index in [1.807, 2.05) is 25.0 Å². The van der Waals surface area contributed by atoms with Crippen molar-refractivity contribution in [3.05, 3.63) is 16.4 Å². The van der Waals surface area contributed by atoms with Crippen LogP contribution in [0.5, 0.6) is 0 Å². The number of nitrogens with zero attached hydrogens (tertiary/aromatic N) is 2. The zero-order chi connectivity index (χ0) is 14.8. The molecule has 0 radical (unpaired) electrons. The van der Waals surface area contributed by atoms with Crippen LogP contribution >= 0.6 is 15.9 Å². The Kier molecular flexibility index (Phi) is 5.26. The van der Waals surface area contributed by atoms with E-state index in [1.54, 1.807) is 0 Å². The number of rotatable bonds is 5. The van der Waals surface area contributed by atoms with Gasteiger partial charge in [-0.25, -0.2) is 0 Å². The first-order valence-corrected chi connectivity index (χ1v) is 8.29. The molecule has 0 bridgehead atoms. The van der Waals surface area contributed by atoms with Crippen LogP contribution in [0.4, 0.5) is 0 Å². The van der Waals surface area contributed by atoms with E-state index in [2.05, 4.69) is 40.2 Å². The van der Waals surface area contributed by atoms with E-state index in [-0.39, 0.29) is 11.6 Å². The Bertz CT molecular complexity index is 419. The topological polar surface area (TPSA) is 39.1 Å². The highest BCUT2D eigenvalue weighted by molar-refractivity contribution is 9.10. The number of nitrogens with one attached hydrogen (secondary N) is 1. The minimum atomic E-state index is -0.126. The average molecular weight is 344 g/mol. The predicted octanol–water partition coefficient (Wildman–Crippen LogP) is 3.43. The molecular weight excluding hydrogens is 318 g/mol. The van der Waals surface area contributed by atoms with Crippen molar-refractivity contribution < 1.29 is 4.74 Å². The largest absolute Gasteiger partial charge is 0.376 e. The third kappa shape index (κ3) is 2.95. The van der Waals surface area contributed by atoms with Gasteiger partial charge in [-0.05, 0) is 54.1 Å². The maximum atomic E-state index is 6.05. The van der Waals surface area contributed by atoms with Gasteiger partial charge in [0.05, 0.1) is 28.0 Å². The molecule has 4 nitrogen and oxygen atoms in total. The fourth-order valence-electron chi connectivity index (χ4n) is 3.34. The summed E-state index contributed by atoms with van der Waals surface area (Å²) in [5.74, 6) is 0.801. The van der Waals surface area contributed by atoms with E-state index in [1.165, 1.54) is 18.5 Å². The lowest BCUT2D eigenvalue weighted by Gasteiger charge is -2.44. The summed E-state index contributed by atoms with van der Waals surface area (Å²) in [4.78, 5) is 0. The summed E-state index contributed by atoms with van der Waals surface area (Å²) >= 11 is 3.64. The lowest BCUT2D eigenvalue weighted by atomic mass is 9.74. The maximum Gasteiger partial charge on any atom is 0.0888 e. The Hall–Kier alpha value is -0.390. The van der Waals surface area contributed by atoms with Gasteiger partial charge >= 0.3 is 0 Å². The number of methoxy groups -OCH3 is 1. The van der Waals surface area contributed by atoms with Crippen molar-refractivity contribution in [2.45, 2.75) is 51.2 Å². The molecule has 0 spiro atoms. The molecule has 1 heterocycles. The Morgan fingerprint density at radius 1 is 1.55 bits per heavy atom. The van der Waals surface area contributed by atoms with Crippen molar-refractivity contribution in [3.8, 4) is 0 Å². The van der Waals surface area contributed by atoms with E-state index in [0.717, 1.165) is 29.8 Å². The minimum Gasteiger partial charge on any atom is -0.376 e. The van der Waals surface area contributed by atoms with Crippen LogP contribution in [0.3, 0.4) is 0 Å². The Labute approximate surface area is 130 Å². The number of aromatic nitrogens is 2. The first kappa shape index (κ1) is 16.0. The van der Waals surface area contributed by atoms with E-state index < -0.39 is 0 Å². The van der Waals surface area contributed by atoms with Crippen molar-refractivity contribution in [3.63, 3.8) is 0 Å². The summed E-state index contributed by atoms with van der Waals surface area (Å²) in [6, 6.07) is 0.173. The lowest BCUT2D eigenvalue weighted by Crippen LogP contribution is -2.48. The molecule has 1 aliphatic carbocycles. The molecule has 1 aliphatic rings. The maximum absolute atomic E-state index is 6.05. The molecule has 20 heavy (non-hydrogen) atoms. The molecule has 5 heteroatoms. The van der Waals surface area contributed by atoms with Crippen molar-refractivity contribution >= 4 is 15.9 Å². The van der Waals surface area contributed by atoms with Crippen LogP contribution in [0.2, 0.25) is 0 Å². The molecular formula is C15H26BrN3O. The SMILES string of the molecule is CCNC(c1c(Br)cnn1C)C1(OC)CCC(C)CC1. The van der Waals surface area contributed by atoms with Gasteiger partial charge in [0.15, 0.2) is 0 Å². The number of ether oxygens (including phenoxy) is 1. The first-order chi connectivity index (χ1) is 9.54. The van der Waals surface area contributed by atoms with Crippen LogP contribution < -0.4 is 5.32 Å². The molecule has 1 aromatic rings. The van der Waals surface area contributed by atoms with Crippen molar-refractivity contribution in [1.82, 2.24) is 15.1 Å². The van der Waals surface area contributed by atoms with Crippen molar-refractivity contribution in [2.75, 3.05) is 13.7 Å². The second kappa shape index (κ2) is 6.58. The Morgan fingerprint density at radius 2 is 2.20 bits per heavy atom. The quantitative estimate of drug-likeness (QED) is 0.890. The van der Waals surface area contributed by atoms with Gasteiger partial charge in [0.1, 0.15) is 0 Å². The summed E-state index contributed by atoms with van der Waals surface area (Å²) in [5, 5.41) is 8.00. The number of likely N-dealkylation sites (N-methyl/N-ethyl adjacent to an activating group) is 1. The number of aryl methyl sites for hydroxylation is 1. The molecule has 1 fully saturated rings. The highest BCUT2D eigenvalue weighted by Crippen LogP contribution is 2.44.